The summed E-state index contributed by atoms with van der Waals surface area (Å²) in [7, 11) is -2.28. The number of rotatable bonds is 6. The molecule has 8 nitrogen and oxygen atoms in total. The molecular formula is C25H27N3O5S2. The Hall–Kier alpha value is -3.08. The van der Waals surface area contributed by atoms with Gasteiger partial charge in [-0.25, -0.2) is 18.2 Å². The molecule has 1 fully saturated rings. The minimum absolute atomic E-state index is 0.183. The summed E-state index contributed by atoms with van der Waals surface area (Å²) < 4.78 is 32.3. The molecule has 0 saturated carbocycles. The lowest BCUT2D eigenvalue weighted by Gasteiger charge is -2.34. The van der Waals surface area contributed by atoms with E-state index in [0.29, 0.717) is 46.9 Å². The van der Waals surface area contributed by atoms with Gasteiger partial charge in [-0.3, -0.25) is 10.1 Å². The summed E-state index contributed by atoms with van der Waals surface area (Å²) in [5.74, 6) is -0.169. The Balaban J connectivity index is 1.43. The van der Waals surface area contributed by atoms with Crippen LogP contribution in [0.15, 0.2) is 58.8 Å². The van der Waals surface area contributed by atoms with E-state index in [0.717, 1.165) is 12.0 Å². The van der Waals surface area contributed by atoms with Crippen LogP contribution >= 0.6 is 11.3 Å². The highest BCUT2D eigenvalue weighted by Crippen LogP contribution is 2.28. The number of carbonyl (C=O) groups is 2. The van der Waals surface area contributed by atoms with Crippen molar-refractivity contribution in [1.82, 2.24) is 9.29 Å². The number of esters is 1. The molecule has 1 amide bonds. The molecule has 10 heteroatoms. The van der Waals surface area contributed by atoms with Gasteiger partial charge in [0.05, 0.1) is 23.3 Å². The number of hydrogen-bond acceptors (Lipinski definition) is 7. The molecule has 2 aromatic carbocycles. The number of thiazole rings is 1. The summed E-state index contributed by atoms with van der Waals surface area (Å²) >= 11 is 1.27. The van der Waals surface area contributed by atoms with Gasteiger partial charge in [-0.05, 0) is 54.7 Å². The van der Waals surface area contributed by atoms with E-state index in [9.17, 15) is 18.0 Å². The maximum atomic E-state index is 13.1. The number of piperidine rings is 1. The zero-order valence-electron chi connectivity index (χ0n) is 19.7. The zero-order valence-corrected chi connectivity index (χ0v) is 21.4. The van der Waals surface area contributed by atoms with Crippen LogP contribution in [-0.2, 0) is 14.8 Å². The molecule has 0 aliphatic carbocycles. The summed E-state index contributed by atoms with van der Waals surface area (Å²) in [6, 6.07) is 12.8. The number of carbonyl (C=O) groups excluding carboxylic acids is 2. The molecule has 0 radical (unpaired) electrons. The van der Waals surface area contributed by atoms with Gasteiger partial charge in [0, 0.05) is 29.6 Å². The fourth-order valence-electron chi connectivity index (χ4n) is 4.26. The lowest BCUT2D eigenvalue weighted by Crippen LogP contribution is -2.42. The van der Waals surface area contributed by atoms with Crippen molar-refractivity contribution in [2.75, 3.05) is 25.5 Å². The predicted molar refractivity (Wildman–Crippen MR) is 135 cm³/mol. The molecule has 1 aliphatic heterocycles. The highest BCUT2D eigenvalue weighted by Gasteiger charge is 2.31. The first-order chi connectivity index (χ1) is 16.7. The van der Waals surface area contributed by atoms with Gasteiger partial charge in [-0.2, -0.15) is 4.31 Å². The number of nitrogens with one attached hydrogen (secondary N) is 1. The van der Waals surface area contributed by atoms with Crippen molar-refractivity contribution in [3.63, 3.8) is 0 Å². The zero-order chi connectivity index (χ0) is 25.2. The fourth-order valence-corrected chi connectivity index (χ4v) is 6.65. The molecule has 4 rings (SSSR count). The average molecular weight is 514 g/mol. The number of ether oxygens (including phenoxy) is 1. The van der Waals surface area contributed by atoms with Crippen molar-refractivity contribution < 1.29 is 22.7 Å². The van der Waals surface area contributed by atoms with Gasteiger partial charge in [0.25, 0.3) is 5.91 Å². The normalized spacial score (nSPS) is 18.7. The molecule has 1 saturated heterocycles. The standard InChI is InChI=1S/C25H27N3O5S2/c1-16-12-17(2)14-28(13-16)35(31,32)21-10-8-19(9-11-21)23(29)27-25-26-22(15-34-25)18-4-6-20(7-5-18)24(30)33-3/h4-11,15-17H,12-14H2,1-3H3,(H,26,27,29)/t16-,17+. The van der Waals surface area contributed by atoms with Gasteiger partial charge in [-0.15, -0.1) is 11.3 Å². The minimum Gasteiger partial charge on any atom is -0.465 e. The van der Waals surface area contributed by atoms with Crippen molar-refractivity contribution in [3.8, 4) is 11.3 Å². The topological polar surface area (TPSA) is 106 Å². The molecule has 0 unspecified atom stereocenters. The largest absolute Gasteiger partial charge is 0.465 e. The number of methoxy groups -OCH3 is 1. The summed E-state index contributed by atoms with van der Waals surface area (Å²) in [6.45, 7) is 5.14. The number of nitrogens with zero attached hydrogens (tertiary/aromatic N) is 2. The summed E-state index contributed by atoms with van der Waals surface area (Å²) in [5, 5.41) is 4.97. The van der Waals surface area contributed by atoms with Gasteiger partial charge in [0.1, 0.15) is 0 Å². The highest BCUT2D eigenvalue weighted by molar-refractivity contribution is 7.89. The Morgan fingerprint density at radius 3 is 2.20 bits per heavy atom. The second-order valence-corrected chi connectivity index (χ2v) is 11.6. The maximum absolute atomic E-state index is 13.1. The van der Waals surface area contributed by atoms with Gasteiger partial charge in [-0.1, -0.05) is 26.0 Å². The smallest absolute Gasteiger partial charge is 0.337 e. The molecule has 1 aliphatic rings. The van der Waals surface area contributed by atoms with Crippen molar-refractivity contribution in [2.45, 2.75) is 25.2 Å². The summed E-state index contributed by atoms with van der Waals surface area (Å²) in [5.41, 5.74) is 2.23. The predicted octanol–water partition coefficient (Wildman–Crippen LogP) is 4.52. The first-order valence-corrected chi connectivity index (χ1v) is 13.5. The third kappa shape index (κ3) is 5.61. The van der Waals surface area contributed by atoms with Crippen molar-refractivity contribution >= 4 is 38.4 Å². The molecule has 184 valence electrons. The van der Waals surface area contributed by atoms with Crippen molar-refractivity contribution in [3.05, 3.63) is 65.0 Å². The average Bonchev–Trinajstić information content (AvgIpc) is 3.31. The van der Waals surface area contributed by atoms with E-state index in [-0.39, 0.29) is 10.8 Å². The second-order valence-electron chi connectivity index (χ2n) is 8.85. The number of benzene rings is 2. The van der Waals surface area contributed by atoms with E-state index in [1.54, 1.807) is 29.6 Å². The Labute approximate surface area is 209 Å². The molecule has 2 heterocycles. The van der Waals surface area contributed by atoms with Crippen molar-refractivity contribution in [1.29, 1.82) is 0 Å². The molecule has 0 bridgehead atoms. The van der Waals surface area contributed by atoms with E-state index in [4.69, 9.17) is 4.74 Å². The summed E-state index contributed by atoms with van der Waals surface area (Å²) in [6.07, 6.45) is 1.02. The van der Waals surface area contributed by atoms with Gasteiger partial charge < -0.3 is 4.74 Å². The first-order valence-electron chi connectivity index (χ1n) is 11.2. The second kappa shape index (κ2) is 10.3. The molecule has 1 aromatic heterocycles. The van der Waals surface area contributed by atoms with Crippen LogP contribution in [0.5, 0.6) is 0 Å². The lowest BCUT2D eigenvalue weighted by molar-refractivity contribution is 0.0600. The van der Waals surface area contributed by atoms with Crippen LogP contribution in [-0.4, -0.2) is 49.8 Å². The maximum Gasteiger partial charge on any atom is 0.337 e. The van der Waals surface area contributed by atoms with E-state index >= 15 is 0 Å². The lowest BCUT2D eigenvalue weighted by atomic mass is 9.94. The van der Waals surface area contributed by atoms with E-state index in [1.165, 1.54) is 47.0 Å². The summed E-state index contributed by atoms with van der Waals surface area (Å²) in [4.78, 5) is 28.9. The third-order valence-electron chi connectivity index (χ3n) is 5.92. The molecule has 2 atom stereocenters. The van der Waals surface area contributed by atoms with E-state index in [1.807, 2.05) is 0 Å². The number of hydrogen-bond donors (Lipinski definition) is 1. The SMILES string of the molecule is COC(=O)c1ccc(-c2csc(NC(=O)c3ccc(S(=O)(=O)N4C[C@H](C)C[C@H](C)C4)cc3)n2)cc1. The third-order valence-corrected chi connectivity index (χ3v) is 8.52. The van der Waals surface area contributed by atoms with Crippen LogP contribution in [0.4, 0.5) is 5.13 Å². The molecule has 0 spiro atoms. The Morgan fingerprint density at radius 2 is 1.60 bits per heavy atom. The number of sulfonamides is 1. The minimum atomic E-state index is -3.60. The van der Waals surface area contributed by atoms with E-state index < -0.39 is 16.0 Å². The number of aromatic nitrogens is 1. The van der Waals surface area contributed by atoms with Gasteiger partial charge in [0.15, 0.2) is 5.13 Å². The van der Waals surface area contributed by atoms with Crippen LogP contribution in [0.2, 0.25) is 0 Å². The molecule has 3 aromatic rings. The van der Waals surface area contributed by atoms with Crippen LogP contribution in [0.25, 0.3) is 11.3 Å². The fraction of sp³-hybridized carbons (Fsp3) is 0.320. The Kier molecular flexibility index (Phi) is 7.34. The number of anilines is 1. The van der Waals surface area contributed by atoms with E-state index in [2.05, 4.69) is 24.1 Å². The molecule has 1 N–H and O–H groups in total. The van der Waals surface area contributed by atoms with Crippen molar-refractivity contribution in [2.24, 2.45) is 11.8 Å². The van der Waals surface area contributed by atoms with Crippen LogP contribution in [0.1, 0.15) is 41.0 Å². The monoisotopic (exact) mass is 513 g/mol. The Morgan fingerprint density at radius 1 is 1.00 bits per heavy atom. The van der Waals surface area contributed by atoms with Gasteiger partial charge >= 0.3 is 5.97 Å². The van der Waals surface area contributed by atoms with Crippen LogP contribution < -0.4 is 5.32 Å². The Bertz CT molecular complexity index is 1310. The number of amides is 1. The van der Waals surface area contributed by atoms with Crippen LogP contribution in [0.3, 0.4) is 0 Å². The van der Waals surface area contributed by atoms with Gasteiger partial charge in [0.2, 0.25) is 10.0 Å². The molecular weight excluding hydrogens is 486 g/mol. The van der Waals surface area contributed by atoms with Crippen LogP contribution in [0, 0.1) is 11.8 Å². The molecule has 35 heavy (non-hydrogen) atoms. The first kappa shape index (κ1) is 25.0. The quantitative estimate of drug-likeness (QED) is 0.486. The highest BCUT2D eigenvalue weighted by atomic mass is 32.2.